The molecule has 1 fully saturated rings. The van der Waals surface area contributed by atoms with E-state index in [4.69, 9.17) is 14.2 Å². The Hall–Kier alpha value is -2.78. The lowest BCUT2D eigenvalue weighted by Gasteiger charge is -2.34. The van der Waals surface area contributed by atoms with Crippen molar-refractivity contribution < 1.29 is 27.4 Å². The molecule has 0 aliphatic carbocycles. The molecular weight excluding hydrogens is 408 g/mol. The van der Waals surface area contributed by atoms with E-state index in [9.17, 15) is 13.2 Å². The summed E-state index contributed by atoms with van der Waals surface area (Å²) in [6, 6.07) is 12.3. The molecule has 0 N–H and O–H groups in total. The van der Waals surface area contributed by atoms with Crippen molar-refractivity contribution in [3.8, 4) is 17.2 Å². The summed E-state index contributed by atoms with van der Waals surface area (Å²) in [6.07, 6.45) is 0. The Morgan fingerprint density at radius 2 is 1.47 bits per heavy atom. The summed E-state index contributed by atoms with van der Waals surface area (Å²) in [4.78, 5) is 14.6. The Labute approximate surface area is 177 Å². The minimum Gasteiger partial charge on any atom is -0.493 e. The molecule has 0 radical (unpaired) electrons. The van der Waals surface area contributed by atoms with E-state index in [0.717, 1.165) is 5.56 Å². The Morgan fingerprint density at radius 1 is 0.900 bits per heavy atom. The van der Waals surface area contributed by atoms with Gasteiger partial charge >= 0.3 is 0 Å². The SMILES string of the molecule is COc1cc(C(=O)N2CCN(S(=O)(=O)Cc3ccccc3)CC2)cc(OC)c1OC. The summed E-state index contributed by atoms with van der Waals surface area (Å²) in [5, 5.41) is 0. The van der Waals surface area contributed by atoms with Crippen molar-refractivity contribution in [2.75, 3.05) is 47.5 Å². The van der Waals surface area contributed by atoms with Crippen molar-refractivity contribution in [2.45, 2.75) is 5.75 Å². The average molecular weight is 435 g/mol. The Bertz CT molecular complexity index is 961. The van der Waals surface area contributed by atoms with Crippen molar-refractivity contribution in [3.05, 3.63) is 53.6 Å². The van der Waals surface area contributed by atoms with E-state index in [0.29, 0.717) is 35.9 Å². The molecule has 1 saturated heterocycles. The van der Waals surface area contributed by atoms with Crippen molar-refractivity contribution in [3.63, 3.8) is 0 Å². The van der Waals surface area contributed by atoms with Gasteiger partial charge in [0, 0.05) is 31.7 Å². The van der Waals surface area contributed by atoms with Crippen LogP contribution in [0, 0.1) is 0 Å². The largest absolute Gasteiger partial charge is 0.493 e. The van der Waals surface area contributed by atoms with Gasteiger partial charge in [-0.25, -0.2) is 8.42 Å². The van der Waals surface area contributed by atoms with Gasteiger partial charge in [0.2, 0.25) is 15.8 Å². The molecule has 2 aromatic carbocycles. The van der Waals surface area contributed by atoms with Gasteiger partial charge in [-0.15, -0.1) is 0 Å². The van der Waals surface area contributed by atoms with Crippen LogP contribution in [0.3, 0.4) is 0 Å². The minimum atomic E-state index is -3.44. The molecule has 0 atom stereocenters. The number of benzene rings is 2. The zero-order valence-electron chi connectivity index (χ0n) is 17.3. The average Bonchev–Trinajstić information content (AvgIpc) is 2.78. The van der Waals surface area contributed by atoms with E-state index in [2.05, 4.69) is 0 Å². The number of hydrogen-bond acceptors (Lipinski definition) is 6. The number of hydrogen-bond donors (Lipinski definition) is 0. The standard InChI is InChI=1S/C21H26N2O6S/c1-27-18-13-17(14-19(28-2)20(18)29-3)21(24)22-9-11-23(12-10-22)30(25,26)15-16-7-5-4-6-8-16/h4-8,13-14H,9-12,15H2,1-3H3. The summed E-state index contributed by atoms with van der Waals surface area (Å²) in [5.41, 5.74) is 1.14. The Morgan fingerprint density at radius 3 is 1.97 bits per heavy atom. The molecular formula is C21H26N2O6S. The maximum absolute atomic E-state index is 13.0. The molecule has 1 aliphatic heterocycles. The van der Waals surface area contributed by atoms with Crippen LogP contribution in [0.2, 0.25) is 0 Å². The molecule has 162 valence electrons. The normalized spacial score (nSPS) is 15.0. The smallest absolute Gasteiger partial charge is 0.254 e. The third kappa shape index (κ3) is 4.68. The van der Waals surface area contributed by atoms with Gasteiger partial charge in [-0.3, -0.25) is 4.79 Å². The highest BCUT2D eigenvalue weighted by Crippen LogP contribution is 2.38. The highest BCUT2D eigenvalue weighted by molar-refractivity contribution is 7.88. The van der Waals surface area contributed by atoms with E-state index in [-0.39, 0.29) is 24.7 Å². The van der Waals surface area contributed by atoms with Crippen LogP contribution in [0.5, 0.6) is 17.2 Å². The molecule has 1 aliphatic rings. The molecule has 30 heavy (non-hydrogen) atoms. The van der Waals surface area contributed by atoms with Crippen LogP contribution in [0.1, 0.15) is 15.9 Å². The zero-order valence-corrected chi connectivity index (χ0v) is 18.1. The number of ether oxygens (including phenoxy) is 3. The molecule has 0 saturated carbocycles. The monoisotopic (exact) mass is 434 g/mol. The maximum Gasteiger partial charge on any atom is 0.254 e. The zero-order chi connectivity index (χ0) is 21.7. The molecule has 0 aromatic heterocycles. The Balaban J connectivity index is 1.70. The fourth-order valence-corrected chi connectivity index (χ4v) is 4.95. The van der Waals surface area contributed by atoms with Crippen molar-refractivity contribution >= 4 is 15.9 Å². The second-order valence-corrected chi connectivity index (χ2v) is 8.82. The predicted molar refractivity (Wildman–Crippen MR) is 113 cm³/mol. The number of amides is 1. The van der Waals surface area contributed by atoms with Crippen LogP contribution >= 0.6 is 0 Å². The third-order valence-electron chi connectivity index (χ3n) is 5.02. The van der Waals surface area contributed by atoms with Crippen molar-refractivity contribution in [1.29, 1.82) is 0 Å². The van der Waals surface area contributed by atoms with Gasteiger partial charge in [0.05, 0.1) is 27.1 Å². The Kier molecular flexibility index (Phi) is 6.84. The molecule has 8 nitrogen and oxygen atoms in total. The summed E-state index contributed by atoms with van der Waals surface area (Å²) >= 11 is 0. The lowest BCUT2D eigenvalue weighted by Crippen LogP contribution is -2.50. The number of piperazine rings is 1. The summed E-state index contributed by atoms with van der Waals surface area (Å²) < 4.78 is 42.8. The molecule has 0 unspecified atom stereocenters. The maximum atomic E-state index is 13.0. The van der Waals surface area contributed by atoms with Crippen molar-refractivity contribution in [1.82, 2.24) is 9.21 Å². The highest BCUT2D eigenvalue weighted by Gasteiger charge is 2.30. The van der Waals surface area contributed by atoms with E-state index in [1.54, 1.807) is 29.2 Å². The molecule has 0 spiro atoms. The minimum absolute atomic E-state index is 0.0470. The first-order chi connectivity index (χ1) is 14.4. The first-order valence-corrected chi connectivity index (χ1v) is 11.1. The van der Waals surface area contributed by atoms with Gasteiger partial charge in [-0.05, 0) is 17.7 Å². The first-order valence-electron chi connectivity index (χ1n) is 9.50. The molecule has 0 bridgehead atoms. The van der Waals surface area contributed by atoms with Crippen LogP contribution in [0.15, 0.2) is 42.5 Å². The second kappa shape index (κ2) is 9.36. The van der Waals surface area contributed by atoms with Gasteiger partial charge in [0.1, 0.15) is 0 Å². The van der Waals surface area contributed by atoms with E-state index < -0.39 is 10.0 Å². The van der Waals surface area contributed by atoms with E-state index in [1.807, 2.05) is 18.2 Å². The number of sulfonamides is 1. The van der Waals surface area contributed by atoms with Crippen LogP contribution < -0.4 is 14.2 Å². The number of carbonyl (C=O) groups excluding carboxylic acids is 1. The number of rotatable bonds is 7. The van der Waals surface area contributed by atoms with Gasteiger partial charge in [0.15, 0.2) is 11.5 Å². The van der Waals surface area contributed by atoms with Gasteiger partial charge in [0.25, 0.3) is 5.91 Å². The van der Waals surface area contributed by atoms with Crippen LogP contribution in [0.4, 0.5) is 0 Å². The summed E-state index contributed by atoms with van der Waals surface area (Å²) in [5.74, 6) is 0.936. The van der Waals surface area contributed by atoms with Crippen LogP contribution in [-0.4, -0.2) is 71.0 Å². The number of nitrogens with zero attached hydrogens (tertiary/aromatic N) is 2. The lowest BCUT2D eigenvalue weighted by molar-refractivity contribution is 0.0697. The third-order valence-corrected chi connectivity index (χ3v) is 6.87. The summed E-state index contributed by atoms with van der Waals surface area (Å²) in [6.45, 7) is 1.13. The number of methoxy groups -OCH3 is 3. The fraction of sp³-hybridized carbons (Fsp3) is 0.381. The first kappa shape index (κ1) is 21.9. The van der Waals surface area contributed by atoms with Crippen LogP contribution in [0.25, 0.3) is 0 Å². The van der Waals surface area contributed by atoms with Gasteiger partial charge < -0.3 is 19.1 Å². The number of carbonyl (C=O) groups is 1. The van der Waals surface area contributed by atoms with E-state index >= 15 is 0 Å². The quantitative estimate of drug-likeness (QED) is 0.663. The van der Waals surface area contributed by atoms with Crippen molar-refractivity contribution in [2.24, 2.45) is 0 Å². The predicted octanol–water partition coefficient (Wildman–Crippen LogP) is 2.00. The highest BCUT2D eigenvalue weighted by atomic mass is 32.2. The molecule has 9 heteroatoms. The van der Waals surface area contributed by atoms with Gasteiger partial charge in [-0.1, -0.05) is 30.3 Å². The van der Waals surface area contributed by atoms with Crippen LogP contribution in [-0.2, 0) is 15.8 Å². The molecule has 1 heterocycles. The van der Waals surface area contributed by atoms with Gasteiger partial charge in [-0.2, -0.15) is 4.31 Å². The summed E-state index contributed by atoms with van der Waals surface area (Å²) in [7, 11) is 1.03. The molecule has 3 rings (SSSR count). The lowest BCUT2D eigenvalue weighted by atomic mass is 10.1. The molecule has 1 amide bonds. The fourth-order valence-electron chi connectivity index (χ4n) is 3.43. The molecule has 2 aromatic rings. The van der Waals surface area contributed by atoms with E-state index in [1.165, 1.54) is 25.6 Å². The topological polar surface area (TPSA) is 85.4 Å². The second-order valence-electron chi connectivity index (χ2n) is 6.85.